The van der Waals surface area contributed by atoms with E-state index in [0.29, 0.717) is 26.3 Å². The minimum absolute atomic E-state index is 0.521. The van der Waals surface area contributed by atoms with Gasteiger partial charge in [0.25, 0.3) is 0 Å². The Morgan fingerprint density at radius 2 is 1.84 bits per heavy atom. The highest BCUT2D eigenvalue weighted by Gasteiger charge is 2.07. The number of aryl methyl sites for hydroxylation is 1. The molecular formula is C24H31N5O2. The number of nitrogens with zero attached hydrogens (tertiary/aromatic N) is 3. The van der Waals surface area contributed by atoms with Gasteiger partial charge < -0.3 is 20.1 Å². The van der Waals surface area contributed by atoms with E-state index in [-0.39, 0.29) is 0 Å². The standard InChI is InChI=1S/C24H31N5O2/c1-19-9-10-22(23(13-19)31-12-11-30-3)16-27-24(25-2)26-14-21-15-28-29(18-21)17-20-7-5-4-6-8-20/h4-10,13,15,18H,11-12,14,16-17H2,1-3H3,(H2,25,26,27). The SMILES string of the molecule is CN=C(NCc1cnn(Cc2ccccc2)c1)NCc1ccc(C)cc1OCCOC. The van der Waals surface area contributed by atoms with Gasteiger partial charge in [-0.25, -0.2) is 0 Å². The Morgan fingerprint density at radius 3 is 2.61 bits per heavy atom. The maximum absolute atomic E-state index is 5.87. The van der Waals surface area contributed by atoms with Crippen LogP contribution in [0.2, 0.25) is 0 Å². The van der Waals surface area contributed by atoms with Gasteiger partial charge in [-0.15, -0.1) is 0 Å². The Hall–Kier alpha value is -3.32. The molecule has 0 bridgehead atoms. The summed E-state index contributed by atoms with van der Waals surface area (Å²) >= 11 is 0. The zero-order valence-corrected chi connectivity index (χ0v) is 18.5. The quantitative estimate of drug-likeness (QED) is 0.299. The van der Waals surface area contributed by atoms with Crippen molar-refractivity contribution in [1.82, 2.24) is 20.4 Å². The summed E-state index contributed by atoms with van der Waals surface area (Å²) in [6.07, 6.45) is 3.93. The lowest BCUT2D eigenvalue weighted by atomic mass is 10.1. The van der Waals surface area contributed by atoms with Crippen molar-refractivity contribution in [2.45, 2.75) is 26.6 Å². The number of hydrogen-bond donors (Lipinski definition) is 2. The van der Waals surface area contributed by atoms with Crippen molar-refractivity contribution >= 4 is 5.96 Å². The molecule has 0 aliphatic heterocycles. The van der Waals surface area contributed by atoms with Crippen LogP contribution < -0.4 is 15.4 Å². The molecule has 3 rings (SSSR count). The van der Waals surface area contributed by atoms with Gasteiger partial charge >= 0.3 is 0 Å². The Bertz CT molecular complexity index is 969. The third-order valence-electron chi connectivity index (χ3n) is 4.77. The van der Waals surface area contributed by atoms with E-state index in [2.05, 4.69) is 58.1 Å². The van der Waals surface area contributed by atoms with E-state index in [4.69, 9.17) is 9.47 Å². The van der Waals surface area contributed by atoms with Gasteiger partial charge in [-0.2, -0.15) is 5.10 Å². The lowest BCUT2D eigenvalue weighted by molar-refractivity contribution is 0.145. The predicted octanol–water partition coefficient (Wildman–Crippen LogP) is 3.13. The number of nitrogens with one attached hydrogen (secondary N) is 2. The van der Waals surface area contributed by atoms with Crippen LogP contribution in [0.25, 0.3) is 0 Å². The summed E-state index contributed by atoms with van der Waals surface area (Å²) in [5, 5.41) is 11.1. The molecule has 2 aromatic carbocycles. The van der Waals surface area contributed by atoms with E-state index < -0.39 is 0 Å². The first-order valence-electron chi connectivity index (χ1n) is 10.4. The highest BCUT2D eigenvalue weighted by atomic mass is 16.5. The fourth-order valence-corrected chi connectivity index (χ4v) is 3.12. The molecule has 7 heteroatoms. The summed E-state index contributed by atoms with van der Waals surface area (Å²) in [6.45, 7) is 5.13. The van der Waals surface area contributed by atoms with Crippen LogP contribution in [0, 0.1) is 6.92 Å². The fourth-order valence-electron chi connectivity index (χ4n) is 3.12. The number of aromatic nitrogens is 2. The number of hydrogen-bond acceptors (Lipinski definition) is 4. The highest BCUT2D eigenvalue weighted by molar-refractivity contribution is 5.79. The smallest absolute Gasteiger partial charge is 0.191 e. The molecule has 0 saturated carbocycles. The number of methoxy groups -OCH3 is 1. The second-order valence-electron chi connectivity index (χ2n) is 7.26. The lowest BCUT2D eigenvalue weighted by Crippen LogP contribution is -2.36. The monoisotopic (exact) mass is 421 g/mol. The first-order chi connectivity index (χ1) is 15.2. The minimum Gasteiger partial charge on any atom is -0.491 e. The molecule has 7 nitrogen and oxygen atoms in total. The summed E-state index contributed by atoms with van der Waals surface area (Å²) in [5.74, 6) is 1.58. The van der Waals surface area contributed by atoms with Crippen LogP contribution in [0.4, 0.5) is 0 Å². The van der Waals surface area contributed by atoms with Gasteiger partial charge in [0.2, 0.25) is 0 Å². The highest BCUT2D eigenvalue weighted by Crippen LogP contribution is 2.20. The molecule has 0 aliphatic carbocycles. The Balaban J connectivity index is 1.51. The van der Waals surface area contributed by atoms with E-state index in [9.17, 15) is 0 Å². The van der Waals surface area contributed by atoms with Crippen LogP contribution in [0.5, 0.6) is 5.75 Å². The normalized spacial score (nSPS) is 11.4. The number of guanidine groups is 1. The van der Waals surface area contributed by atoms with Crippen LogP contribution in [0.1, 0.15) is 22.3 Å². The fraction of sp³-hybridized carbons (Fsp3) is 0.333. The van der Waals surface area contributed by atoms with Crippen molar-refractivity contribution in [3.8, 4) is 5.75 Å². The number of benzene rings is 2. The second-order valence-corrected chi connectivity index (χ2v) is 7.26. The maximum atomic E-state index is 5.87. The summed E-state index contributed by atoms with van der Waals surface area (Å²) in [6, 6.07) is 16.5. The average Bonchev–Trinajstić information content (AvgIpc) is 3.23. The first-order valence-corrected chi connectivity index (χ1v) is 10.4. The van der Waals surface area contributed by atoms with Gasteiger partial charge in [0, 0.05) is 44.6 Å². The predicted molar refractivity (Wildman–Crippen MR) is 123 cm³/mol. The average molecular weight is 422 g/mol. The van der Waals surface area contributed by atoms with E-state index in [0.717, 1.165) is 34.9 Å². The first kappa shape index (κ1) is 22.4. The molecule has 0 amide bonds. The molecule has 31 heavy (non-hydrogen) atoms. The van der Waals surface area contributed by atoms with Gasteiger partial charge in [0.1, 0.15) is 12.4 Å². The van der Waals surface area contributed by atoms with Gasteiger partial charge in [0.05, 0.1) is 19.3 Å². The Labute approximate surface area is 184 Å². The van der Waals surface area contributed by atoms with E-state index in [1.165, 1.54) is 5.56 Å². The van der Waals surface area contributed by atoms with E-state index >= 15 is 0 Å². The van der Waals surface area contributed by atoms with Crippen LogP contribution in [-0.4, -0.2) is 43.1 Å². The summed E-state index contributed by atoms with van der Waals surface area (Å²) in [7, 11) is 3.43. The molecule has 0 saturated heterocycles. The zero-order valence-electron chi connectivity index (χ0n) is 18.5. The topological polar surface area (TPSA) is 72.7 Å². The van der Waals surface area contributed by atoms with Gasteiger partial charge in [0.15, 0.2) is 5.96 Å². The third kappa shape index (κ3) is 7.15. The molecule has 164 valence electrons. The second kappa shape index (κ2) is 11.8. The molecular weight excluding hydrogens is 390 g/mol. The largest absolute Gasteiger partial charge is 0.491 e. The minimum atomic E-state index is 0.521. The number of rotatable bonds is 10. The molecule has 2 N–H and O–H groups in total. The molecule has 1 aromatic heterocycles. The number of aliphatic imine (C=N–C) groups is 1. The molecule has 0 spiro atoms. The molecule has 0 aliphatic rings. The van der Waals surface area contributed by atoms with E-state index in [1.807, 2.05) is 35.1 Å². The van der Waals surface area contributed by atoms with Gasteiger partial charge in [-0.3, -0.25) is 9.67 Å². The summed E-state index contributed by atoms with van der Waals surface area (Å²) < 4.78 is 12.9. The Morgan fingerprint density at radius 1 is 1.03 bits per heavy atom. The zero-order chi connectivity index (χ0) is 21.9. The molecule has 0 radical (unpaired) electrons. The molecule has 0 unspecified atom stereocenters. The van der Waals surface area contributed by atoms with Crippen LogP contribution in [0.15, 0.2) is 65.9 Å². The molecule has 3 aromatic rings. The Kier molecular flexibility index (Phi) is 8.48. The van der Waals surface area contributed by atoms with Crippen molar-refractivity contribution < 1.29 is 9.47 Å². The van der Waals surface area contributed by atoms with Crippen molar-refractivity contribution in [3.63, 3.8) is 0 Å². The van der Waals surface area contributed by atoms with Crippen LogP contribution in [0.3, 0.4) is 0 Å². The maximum Gasteiger partial charge on any atom is 0.191 e. The third-order valence-corrected chi connectivity index (χ3v) is 4.77. The van der Waals surface area contributed by atoms with Crippen LogP contribution in [-0.2, 0) is 24.4 Å². The van der Waals surface area contributed by atoms with Crippen molar-refractivity contribution in [2.24, 2.45) is 4.99 Å². The van der Waals surface area contributed by atoms with Crippen molar-refractivity contribution in [2.75, 3.05) is 27.4 Å². The molecule has 0 fully saturated rings. The van der Waals surface area contributed by atoms with Crippen LogP contribution >= 0.6 is 0 Å². The lowest BCUT2D eigenvalue weighted by Gasteiger charge is -2.15. The van der Waals surface area contributed by atoms with E-state index in [1.54, 1.807) is 14.2 Å². The van der Waals surface area contributed by atoms with Gasteiger partial charge in [-0.1, -0.05) is 42.5 Å². The summed E-state index contributed by atoms with van der Waals surface area (Å²) in [4.78, 5) is 4.32. The number of ether oxygens (including phenoxy) is 2. The summed E-state index contributed by atoms with van der Waals surface area (Å²) in [5.41, 5.74) is 4.55. The van der Waals surface area contributed by atoms with Gasteiger partial charge in [-0.05, 0) is 24.1 Å². The molecule has 0 atom stereocenters. The van der Waals surface area contributed by atoms with Crippen molar-refractivity contribution in [3.05, 3.63) is 83.2 Å². The van der Waals surface area contributed by atoms with Crippen molar-refractivity contribution in [1.29, 1.82) is 0 Å². The molecule has 1 heterocycles.